The van der Waals surface area contributed by atoms with Crippen molar-refractivity contribution in [3.8, 4) is 0 Å². The number of primary amides is 1. The molecule has 19 heavy (non-hydrogen) atoms. The first-order valence-corrected chi connectivity index (χ1v) is 5.92. The highest BCUT2D eigenvalue weighted by Crippen LogP contribution is 2.17. The summed E-state index contributed by atoms with van der Waals surface area (Å²) in [4.78, 5) is 20.5. The van der Waals surface area contributed by atoms with Crippen molar-refractivity contribution in [2.24, 2.45) is 5.73 Å². The molecular formula is C12H17N3O4. The summed E-state index contributed by atoms with van der Waals surface area (Å²) in [5.74, 6) is -0.349. The highest BCUT2D eigenvalue weighted by Gasteiger charge is 2.10. The van der Waals surface area contributed by atoms with E-state index in [1.54, 1.807) is 0 Å². The Balaban J connectivity index is 2.34. The molecule has 0 spiro atoms. The van der Waals surface area contributed by atoms with E-state index < -0.39 is 11.0 Å². The molecule has 0 aliphatic heterocycles. The quantitative estimate of drug-likeness (QED) is 0.359. The summed E-state index contributed by atoms with van der Waals surface area (Å²) >= 11 is 0. The second-order valence-electron chi connectivity index (χ2n) is 4.14. The minimum atomic E-state index is -0.741. The molecule has 0 radical (unpaired) electrons. The second kappa shape index (κ2) is 7.45. The number of amides is 1. The Morgan fingerprint density at radius 2 is 2.05 bits per heavy atom. The zero-order chi connectivity index (χ0) is 14.3. The van der Waals surface area contributed by atoms with E-state index in [4.69, 9.17) is 5.73 Å². The lowest BCUT2D eigenvalue weighted by atomic mass is 10.1. The topological polar surface area (TPSA) is 118 Å². The number of benzene rings is 1. The number of nitrogens with zero attached hydrogens (tertiary/aromatic N) is 1. The van der Waals surface area contributed by atoms with Gasteiger partial charge in [0.25, 0.3) is 5.69 Å². The summed E-state index contributed by atoms with van der Waals surface area (Å²) in [5.41, 5.74) is 5.59. The molecular weight excluding hydrogens is 250 g/mol. The van der Waals surface area contributed by atoms with E-state index in [2.05, 4.69) is 5.32 Å². The van der Waals surface area contributed by atoms with Crippen LogP contribution < -0.4 is 11.1 Å². The number of hydrogen-bond donors (Lipinski definition) is 3. The van der Waals surface area contributed by atoms with Gasteiger partial charge < -0.3 is 16.2 Å². The van der Waals surface area contributed by atoms with E-state index in [9.17, 15) is 20.0 Å². The third-order valence-electron chi connectivity index (χ3n) is 2.60. The predicted molar refractivity (Wildman–Crippen MR) is 69.4 cm³/mol. The van der Waals surface area contributed by atoms with E-state index in [0.29, 0.717) is 31.5 Å². The van der Waals surface area contributed by atoms with Crippen LogP contribution in [0.3, 0.4) is 0 Å². The van der Waals surface area contributed by atoms with E-state index in [1.165, 1.54) is 24.3 Å². The molecule has 7 heteroatoms. The van der Waals surface area contributed by atoms with Crippen molar-refractivity contribution in [1.82, 2.24) is 5.32 Å². The van der Waals surface area contributed by atoms with Crippen molar-refractivity contribution >= 4 is 11.6 Å². The van der Waals surface area contributed by atoms with Gasteiger partial charge in [-0.3, -0.25) is 14.9 Å². The number of nitrogens with two attached hydrogens (primary N) is 1. The second-order valence-corrected chi connectivity index (χ2v) is 4.14. The molecule has 0 saturated carbocycles. The average Bonchev–Trinajstić information content (AvgIpc) is 2.37. The lowest BCUT2D eigenvalue weighted by molar-refractivity contribution is -0.384. The van der Waals surface area contributed by atoms with Crippen LogP contribution in [0.4, 0.5) is 5.69 Å². The molecule has 1 aromatic carbocycles. The van der Waals surface area contributed by atoms with E-state index in [1.807, 2.05) is 0 Å². The first-order valence-electron chi connectivity index (χ1n) is 5.92. The van der Waals surface area contributed by atoms with Crippen LogP contribution >= 0.6 is 0 Å². The smallest absolute Gasteiger partial charge is 0.269 e. The van der Waals surface area contributed by atoms with E-state index >= 15 is 0 Å². The zero-order valence-electron chi connectivity index (χ0n) is 10.4. The number of nitro groups is 1. The molecule has 1 rings (SSSR count). The van der Waals surface area contributed by atoms with Gasteiger partial charge in [-0.1, -0.05) is 0 Å². The SMILES string of the molecule is NC(=O)CCCNCC(O)c1ccc([N+](=O)[O-])cc1. The Labute approximate surface area is 110 Å². The third-order valence-corrected chi connectivity index (χ3v) is 2.60. The van der Waals surface area contributed by atoms with E-state index in [-0.39, 0.29) is 11.6 Å². The van der Waals surface area contributed by atoms with E-state index in [0.717, 1.165) is 0 Å². The first kappa shape index (κ1) is 15.1. The largest absolute Gasteiger partial charge is 0.387 e. The lowest BCUT2D eigenvalue weighted by Crippen LogP contribution is -2.23. The van der Waals surface area contributed by atoms with Gasteiger partial charge in [-0.25, -0.2) is 0 Å². The molecule has 1 unspecified atom stereocenters. The highest BCUT2D eigenvalue weighted by molar-refractivity contribution is 5.73. The van der Waals surface area contributed by atoms with Crippen LogP contribution in [0.1, 0.15) is 24.5 Å². The predicted octanol–water partition coefficient (Wildman–Crippen LogP) is 0.483. The maximum atomic E-state index is 10.5. The summed E-state index contributed by atoms with van der Waals surface area (Å²) in [7, 11) is 0. The Hall–Kier alpha value is -1.99. The summed E-state index contributed by atoms with van der Waals surface area (Å²) in [5, 5.41) is 23.3. The van der Waals surface area contributed by atoms with Crippen molar-refractivity contribution in [2.75, 3.05) is 13.1 Å². The van der Waals surface area contributed by atoms with Crippen LogP contribution in [0.2, 0.25) is 0 Å². The van der Waals surface area contributed by atoms with Gasteiger partial charge in [0.2, 0.25) is 5.91 Å². The summed E-state index contributed by atoms with van der Waals surface area (Å²) < 4.78 is 0. The van der Waals surface area contributed by atoms with Crippen LogP contribution in [0.5, 0.6) is 0 Å². The van der Waals surface area contributed by atoms with Gasteiger partial charge in [-0.15, -0.1) is 0 Å². The molecule has 0 heterocycles. The molecule has 0 fully saturated rings. The van der Waals surface area contributed by atoms with Crippen LogP contribution in [0.25, 0.3) is 0 Å². The maximum Gasteiger partial charge on any atom is 0.269 e. The minimum absolute atomic E-state index is 0.00892. The molecule has 0 aromatic heterocycles. The molecule has 0 aliphatic rings. The normalized spacial score (nSPS) is 12.1. The molecule has 0 bridgehead atoms. The average molecular weight is 267 g/mol. The van der Waals surface area contributed by atoms with Gasteiger partial charge >= 0.3 is 0 Å². The third kappa shape index (κ3) is 5.45. The van der Waals surface area contributed by atoms with Crippen molar-refractivity contribution in [3.05, 3.63) is 39.9 Å². The van der Waals surface area contributed by atoms with Gasteiger partial charge in [-0.05, 0) is 30.7 Å². The Morgan fingerprint density at radius 3 is 2.58 bits per heavy atom. The molecule has 4 N–H and O–H groups in total. The monoisotopic (exact) mass is 267 g/mol. The Bertz CT molecular complexity index is 433. The number of aliphatic hydroxyl groups excluding tert-OH is 1. The van der Waals surface area contributed by atoms with Crippen LogP contribution in [0, 0.1) is 10.1 Å². The van der Waals surface area contributed by atoms with Crippen LogP contribution in [-0.2, 0) is 4.79 Å². The fourth-order valence-corrected chi connectivity index (χ4v) is 1.56. The fourth-order valence-electron chi connectivity index (χ4n) is 1.56. The van der Waals surface area contributed by atoms with Crippen LogP contribution in [-0.4, -0.2) is 29.0 Å². The number of nitro benzene ring substituents is 1. The summed E-state index contributed by atoms with van der Waals surface area (Å²) in [6.07, 6.45) is 0.178. The van der Waals surface area contributed by atoms with Crippen molar-refractivity contribution < 1.29 is 14.8 Å². The fraction of sp³-hybridized carbons (Fsp3) is 0.417. The van der Waals surface area contributed by atoms with Gasteiger partial charge in [-0.2, -0.15) is 0 Å². The molecule has 1 amide bonds. The number of aliphatic hydroxyl groups is 1. The summed E-state index contributed by atoms with van der Waals surface area (Å²) in [6, 6.07) is 5.75. The summed E-state index contributed by atoms with van der Waals surface area (Å²) in [6.45, 7) is 0.892. The molecule has 1 aromatic rings. The number of rotatable bonds is 8. The number of hydrogen-bond acceptors (Lipinski definition) is 5. The zero-order valence-corrected chi connectivity index (χ0v) is 10.4. The van der Waals surface area contributed by atoms with Crippen LogP contribution in [0.15, 0.2) is 24.3 Å². The molecule has 0 saturated heterocycles. The number of carbonyl (C=O) groups is 1. The van der Waals surface area contributed by atoms with Crippen molar-refractivity contribution in [3.63, 3.8) is 0 Å². The Morgan fingerprint density at radius 1 is 1.42 bits per heavy atom. The van der Waals surface area contributed by atoms with Crippen molar-refractivity contribution in [2.45, 2.75) is 18.9 Å². The standard InChI is InChI=1S/C12H17N3O4/c13-12(17)2-1-7-14-8-11(16)9-3-5-10(6-4-9)15(18)19/h3-6,11,14,16H,1-2,7-8H2,(H2,13,17). The molecule has 7 nitrogen and oxygen atoms in total. The maximum absolute atomic E-state index is 10.5. The van der Waals surface area contributed by atoms with Crippen molar-refractivity contribution in [1.29, 1.82) is 0 Å². The Kier molecular flexibility index (Phi) is 5.91. The van der Waals surface area contributed by atoms with Gasteiger partial charge in [0, 0.05) is 25.1 Å². The molecule has 104 valence electrons. The first-order chi connectivity index (χ1) is 9.00. The highest BCUT2D eigenvalue weighted by atomic mass is 16.6. The molecule has 1 atom stereocenters. The number of non-ortho nitro benzene ring substituents is 1. The van der Waals surface area contributed by atoms with Gasteiger partial charge in [0.05, 0.1) is 11.0 Å². The van der Waals surface area contributed by atoms with Gasteiger partial charge in [0.15, 0.2) is 0 Å². The number of nitrogens with one attached hydrogen (secondary N) is 1. The molecule has 0 aliphatic carbocycles. The number of carbonyl (C=O) groups excluding carboxylic acids is 1. The minimum Gasteiger partial charge on any atom is -0.387 e. The lowest BCUT2D eigenvalue weighted by Gasteiger charge is -2.11. The van der Waals surface area contributed by atoms with Gasteiger partial charge in [0.1, 0.15) is 0 Å².